The maximum absolute atomic E-state index is 12.0. The number of hydrogen-bond acceptors (Lipinski definition) is 4. The van der Waals surface area contributed by atoms with Crippen molar-refractivity contribution >= 4 is 11.6 Å². The van der Waals surface area contributed by atoms with Gasteiger partial charge in [-0.15, -0.1) is 0 Å². The molecule has 0 saturated carbocycles. The maximum Gasteiger partial charge on any atom is 0.310 e. The van der Waals surface area contributed by atoms with E-state index >= 15 is 0 Å². The molecule has 0 bridgehead atoms. The number of carbonyl (C=O) groups excluding carboxylic acids is 1. The number of rotatable bonds is 5. The Balaban J connectivity index is 2.96. The highest BCUT2D eigenvalue weighted by molar-refractivity contribution is 5.95. The molecule has 1 rings (SSSR count). The molecule has 0 heterocycles. The van der Waals surface area contributed by atoms with Crippen molar-refractivity contribution in [2.45, 2.75) is 39.2 Å². The standard InChI is InChI=1S/C13H18N2O4/c1-4-13(3,5-2)14-12(17)9-6-7-10(15(18)19)11(16)8-9/h6-8,16H,4-5H2,1-3H3,(H,14,17). The van der Waals surface area contributed by atoms with Crippen LogP contribution in [-0.4, -0.2) is 21.5 Å². The van der Waals surface area contributed by atoms with Gasteiger partial charge in [-0.25, -0.2) is 0 Å². The van der Waals surface area contributed by atoms with Crippen LogP contribution in [0.4, 0.5) is 5.69 Å². The lowest BCUT2D eigenvalue weighted by molar-refractivity contribution is -0.385. The summed E-state index contributed by atoms with van der Waals surface area (Å²) in [5.74, 6) is -0.858. The number of phenolic OH excluding ortho intramolecular Hbond substituents is 1. The highest BCUT2D eigenvalue weighted by Gasteiger charge is 2.23. The van der Waals surface area contributed by atoms with E-state index in [0.717, 1.165) is 25.0 Å². The first-order valence-corrected chi connectivity index (χ1v) is 6.13. The van der Waals surface area contributed by atoms with Gasteiger partial charge in [-0.3, -0.25) is 14.9 Å². The first-order chi connectivity index (χ1) is 8.83. The monoisotopic (exact) mass is 266 g/mol. The summed E-state index contributed by atoms with van der Waals surface area (Å²) in [6.45, 7) is 5.87. The van der Waals surface area contributed by atoms with Gasteiger partial charge in [0, 0.05) is 17.2 Å². The van der Waals surface area contributed by atoms with Crippen LogP contribution in [0.5, 0.6) is 5.75 Å². The number of nitrogens with one attached hydrogen (secondary N) is 1. The van der Waals surface area contributed by atoms with Gasteiger partial charge in [0.15, 0.2) is 5.75 Å². The van der Waals surface area contributed by atoms with E-state index in [1.807, 2.05) is 20.8 Å². The zero-order chi connectivity index (χ0) is 14.6. The van der Waals surface area contributed by atoms with Gasteiger partial charge >= 0.3 is 5.69 Å². The normalized spacial score (nSPS) is 11.1. The van der Waals surface area contributed by atoms with Crippen LogP contribution in [0.1, 0.15) is 44.0 Å². The Hall–Kier alpha value is -2.11. The van der Waals surface area contributed by atoms with Crippen molar-refractivity contribution in [1.82, 2.24) is 5.32 Å². The summed E-state index contributed by atoms with van der Waals surface area (Å²) in [4.78, 5) is 21.9. The minimum atomic E-state index is -0.695. The molecule has 1 aromatic rings. The highest BCUT2D eigenvalue weighted by Crippen LogP contribution is 2.26. The largest absolute Gasteiger partial charge is 0.502 e. The van der Waals surface area contributed by atoms with Gasteiger partial charge < -0.3 is 10.4 Å². The number of aromatic hydroxyl groups is 1. The number of nitro benzene ring substituents is 1. The smallest absolute Gasteiger partial charge is 0.310 e. The van der Waals surface area contributed by atoms with Crippen molar-refractivity contribution in [3.8, 4) is 5.75 Å². The first-order valence-electron chi connectivity index (χ1n) is 6.13. The van der Waals surface area contributed by atoms with E-state index in [4.69, 9.17) is 0 Å². The number of hydrogen-bond donors (Lipinski definition) is 2. The Bertz CT molecular complexity index is 495. The van der Waals surface area contributed by atoms with Crippen molar-refractivity contribution in [2.24, 2.45) is 0 Å². The van der Waals surface area contributed by atoms with Gasteiger partial charge in [-0.1, -0.05) is 13.8 Å². The van der Waals surface area contributed by atoms with Gasteiger partial charge in [-0.05, 0) is 31.9 Å². The van der Waals surface area contributed by atoms with E-state index in [1.165, 1.54) is 6.07 Å². The summed E-state index contributed by atoms with van der Waals surface area (Å²) in [5.41, 5.74) is -0.532. The van der Waals surface area contributed by atoms with E-state index in [2.05, 4.69) is 5.32 Å². The molecule has 19 heavy (non-hydrogen) atoms. The second kappa shape index (κ2) is 5.69. The van der Waals surface area contributed by atoms with E-state index in [-0.39, 0.29) is 17.0 Å². The second-order valence-corrected chi connectivity index (χ2v) is 4.68. The summed E-state index contributed by atoms with van der Waals surface area (Å²) < 4.78 is 0. The Labute approximate surface area is 111 Å². The molecule has 0 spiro atoms. The van der Waals surface area contributed by atoms with E-state index in [9.17, 15) is 20.0 Å². The van der Waals surface area contributed by atoms with Gasteiger partial charge in [0.2, 0.25) is 0 Å². The molecule has 1 aromatic carbocycles. The molecule has 0 aliphatic heterocycles. The van der Waals surface area contributed by atoms with Crippen LogP contribution in [-0.2, 0) is 0 Å². The van der Waals surface area contributed by atoms with E-state index in [0.29, 0.717) is 0 Å². The molecule has 0 aromatic heterocycles. The summed E-state index contributed by atoms with van der Waals surface area (Å²) in [5, 5.41) is 22.9. The molecule has 1 amide bonds. The van der Waals surface area contributed by atoms with Crippen molar-refractivity contribution in [1.29, 1.82) is 0 Å². The lowest BCUT2D eigenvalue weighted by Gasteiger charge is -2.28. The Kier molecular flexibility index (Phi) is 4.47. The second-order valence-electron chi connectivity index (χ2n) is 4.68. The molecule has 104 valence electrons. The third-order valence-corrected chi connectivity index (χ3v) is 3.41. The zero-order valence-electron chi connectivity index (χ0n) is 11.3. The Morgan fingerprint density at radius 2 is 2.00 bits per heavy atom. The Morgan fingerprint density at radius 1 is 1.42 bits per heavy atom. The zero-order valence-corrected chi connectivity index (χ0v) is 11.3. The molecule has 0 unspecified atom stereocenters. The number of nitrogens with zero attached hydrogens (tertiary/aromatic N) is 1. The third-order valence-electron chi connectivity index (χ3n) is 3.41. The van der Waals surface area contributed by atoms with Crippen LogP contribution in [0.15, 0.2) is 18.2 Å². The van der Waals surface area contributed by atoms with Crippen LogP contribution in [0.2, 0.25) is 0 Å². The van der Waals surface area contributed by atoms with Crippen molar-refractivity contribution < 1.29 is 14.8 Å². The molecule has 0 fully saturated rings. The summed E-state index contributed by atoms with van der Waals surface area (Å²) in [6, 6.07) is 3.57. The van der Waals surface area contributed by atoms with Crippen LogP contribution >= 0.6 is 0 Å². The summed E-state index contributed by atoms with van der Waals surface area (Å²) >= 11 is 0. The highest BCUT2D eigenvalue weighted by atomic mass is 16.6. The maximum atomic E-state index is 12.0. The molecule has 6 heteroatoms. The predicted molar refractivity (Wildman–Crippen MR) is 71.2 cm³/mol. The minimum absolute atomic E-state index is 0.205. The predicted octanol–water partition coefficient (Wildman–Crippen LogP) is 2.61. The van der Waals surface area contributed by atoms with Crippen molar-refractivity contribution in [3.63, 3.8) is 0 Å². The molecule has 0 aliphatic rings. The van der Waals surface area contributed by atoms with Gasteiger partial charge in [0.25, 0.3) is 5.91 Å². The van der Waals surface area contributed by atoms with Crippen molar-refractivity contribution in [3.05, 3.63) is 33.9 Å². The molecular formula is C13H18N2O4. The lowest BCUT2D eigenvalue weighted by Crippen LogP contribution is -2.44. The SMILES string of the molecule is CCC(C)(CC)NC(=O)c1ccc([N+](=O)[O-])c(O)c1. The van der Waals surface area contributed by atoms with Crippen LogP contribution in [0, 0.1) is 10.1 Å². The number of phenols is 1. The van der Waals surface area contributed by atoms with Crippen LogP contribution < -0.4 is 5.32 Å². The number of benzene rings is 1. The molecule has 0 saturated heterocycles. The fourth-order valence-corrected chi connectivity index (χ4v) is 1.59. The fraction of sp³-hybridized carbons (Fsp3) is 0.462. The van der Waals surface area contributed by atoms with Gasteiger partial charge in [0.1, 0.15) is 0 Å². The minimum Gasteiger partial charge on any atom is -0.502 e. The molecule has 2 N–H and O–H groups in total. The molecule has 6 nitrogen and oxygen atoms in total. The quantitative estimate of drug-likeness (QED) is 0.632. The number of carbonyl (C=O) groups is 1. The Morgan fingerprint density at radius 3 is 2.42 bits per heavy atom. The molecule has 0 aliphatic carbocycles. The number of amides is 1. The molecule has 0 atom stereocenters. The summed E-state index contributed by atoms with van der Waals surface area (Å²) in [7, 11) is 0. The molecular weight excluding hydrogens is 248 g/mol. The first kappa shape index (κ1) is 14.9. The average Bonchev–Trinajstić information content (AvgIpc) is 2.37. The third kappa shape index (κ3) is 3.43. The molecule has 0 radical (unpaired) electrons. The van der Waals surface area contributed by atoms with Gasteiger partial charge in [-0.2, -0.15) is 0 Å². The van der Waals surface area contributed by atoms with E-state index < -0.39 is 16.4 Å². The lowest BCUT2D eigenvalue weighted by atomic mass is 9.95. The average molecular weight is 266 g/mol. The van der Waals surface area contributed by atoms with Crippen LogP contribution in [0.25, 0.3) is 0 Å². The van der Waals surface area contributed by atoms with Gasteiger partial charge in [0.05, 0.1) is 4.92 Å². The summed E-state index contributed by atoms with van der Waals surface area (Å²) in [6.07, 6.45) is 1.54. The van der Waals surface area contributed by atoms with E-state index in [1.54, 1.807) is 0 Å². The number of nitro groups is 1. The van der Waals surface area contributed by atoms with Crippen molar-refractivity contribution in [2.75, 3.05) is 0 Å². The fourth-order valence-electron chi connectivity index (χ4n) is 1.59. The topological polar surface area (TPSA) is 92.5 Å². The van der Waals surface area contributed by atoms with Crippen LogP contribution in [0.3, 0.4) is 0 Å².